The van der Waals surface area contributed by atoms with Crippen LogP contribution in [-0.4, -0.2) is 26.8 Å². The van der Waals surface area contributed by atoms with Crippen LogP contribution in [0.2, 0.25) is 0 Å². The number of aromatic nitrogens is 2. The van der Waals surface area contributed by atoms with E-state index in [1.54, 1.807) is 6.07 Å². The lowest BCUT2D eigenvalue weighted by Crippen LogP contribution is -2.40. The summed E-state index contributed by atoms with van der Waals surface area (Å²) in [6.07, 6.45) is 2.76. The van der Waals surface area contributed by atoms with E-state index < -0.39 is 11.6 Å². The summed E-state index contributed by atoms with van der Waals surface area (Å²) >= 11 is 0. The van der Waals surface area contributed by atoms with Crippen LogP contribution in [0.1, 0.15) is 51.1 Å². The van der Waals surface area contributed by atoms with Gasteiger partial charge >= 0.3 is 0 Å². The van der Waals surface area contributed by atoms with Crippen molar-refractivity contribution in [2.24, 2.45) is 0 Å². The van der Waals surface area contributed by atoms with Crippen LogP contribution >= 0.6 is 0 Å². The minimum Gasteiger partial charge on any atom is -0.294 e. The third-order valence-electron chi connectivity index (χ3n) is 4.79. The largest absolute Gasteiger partial charge is 0.294 e. The molecule has 0 N–H and O–H groups in total. The van der Waals surface area contributed by atoms with Crippen LogP contribution in [0, 0.1) is 11.6 Å². The summed E-state index contributed by atoms with van der Waals surface area (Å²) in [7, 11) is 0. The molecule has 0 amide bonds. The maximum absolute atomic E-state index is 13.7. The van der Waals surface area contributed by atoms with E-state index in [1.165, 1.54) is 17.7 Å². The average Bonchev–Trinajstić information content (AvgIpc) is 2.71. The Morgan fingerprint density at radius 3 is 2.54 bits per heavy atom. The van der Waals surface area contributed by atoms with E-state index in [9.17, 15) is 8.78 Å². The Balaban J connectivity index is 2.08. The summed E-state index contributed by atoms with van der Waals surface area (Å²) < 4.78 is 28.7. The maximum atomic E-state index is 13.7. The van der Waals surface area contributed by atoms with E-state index in [4.69, 9.17) is 5.10 Å². The highest BCUT2D eigenvalue weighted by Crippen LogP contribution is 2.29. The summed E-state index contributed by atoms with van der Waals surface area (Å²) in [5.74, 6) is -1.66. The molecule has 24 heavy (non-hydrogen) atoms. The topological polar surface area (TPSA) is 21.1 Å². The van der Waals surface area contributed by atoms with Crippen molar-refractivity contribution in [2.45, 2.75) is 59.0 Å². The quantitative estimate of drug-likeness (QED) is 0.819. The third kappa shape index (κ3) is 3.09. The second-order valence-corrected chi connectivity index (χ2v) is 7.43. The molecule has 0 saturated heterocycles. The first-order valence-electron chi connectivity index (χ1n) is 8.61. The van der Waals surface area contributed by atoms with Crippen molar-refractivity contribution in [3.05, 3.63) is 46.8 Å². The van der Waals surface area contributed by atoms with Crippen molar-refractivity contribution in [2.75, 3.05) is 6.54 Å². The fourth-order valence-electron chi connectivity index (χ4n) is 3.37. The third-order valence-corrected chi connectivity index (χ3v) is 4.79. The van der Waals surface area contributed by atoms with Gasteiger partial charge in [0.15, 0.2) is 11.6 Å². The first kappa shape index (κ1) is 17.1. The molecule has 3 nitrogen and oxygen atoms in total. The van der Waals surface area contributed by atoms with Crippen molar-refractivity contribution in [3.63, 3.8) is 0 Å². The lowest BCUT2D eigenvalue weighted by atomic mass is 10.0. The smallest absolute Gasteiger partial charge is 0.160 e. The van der Waals surface area contributed by atoms with Gasteiger partial charge in [-0.1, -0.05) is 6.92 Å². The zero-order valence-corrected chi connectivity index (χ0v) is 14.9. The van der Waals surface area contributed by atoms with Gasteiger partial charge in [-0.3, -0.25) is 4.90 Å². The average molecular weight is 333 g/mol. The Hall–Kier alpha value is -1.75. The van der Waals surface area contributed by atoms with Crippen LogP contribution < -0.4 is 0 Å². The van der Waals surface area contributed by atoms with Crippen LogP contribution in [0.3, 0.4) is 0 Å². The van der Waals surface area contributed by atoms with Gasteiger partial charge in [-0.15, -0.1) is 0 Å². The molecule has 0 bridgehead atoms. The van der Waals surface area contributed by atoms with E-state index in [2.05, 4.69) is 32.6 Å². The molecule has 130 valence electrons. The lowest BCUT2D eigenvalue weighted by molar-refractivity contribution is 0.130. The summed E-state index contributed by atoms with van der Waals surface area (Å²) in [4.78, 5) is 2.47. The highest BCUT2D eigenvalue weighted by molar-refractivity contribution is 5.39. The molecule has 2 heterocycles. The molecule has 0 saturated carbocycles. The number of fused-ring (bicyclic) bond motifs is 1. The Labute approximate surface area is 142 Å². The van der Waals surface area contributed by atoms with Gasteiger partial charge in [-0.2, -0.15) is 5.10 Å². The number of nitrogens with zero attached hydrogens (tertiary/aromatic N) is 3. The molecule has 0 aliphatic carbocycles. The van der Waals surface area contributed by atoms with E-state index in [1.807, 2.05) is 4.68 Å². The van der Waals surface area contributed by atoms with Gasteiger partial charge in [0.25, 0.3) is 0 Å². The van der Waals surface area contributed by atoms with E-state index in [-0.39, 0.29) is 5.54 Å². The summed E-state index contributed by atoms with van der Waals surface area (Å²) in [5, 5.41) is 4.71. The Kier molecular flexibility index (Phi) is 4.47. The van der Waals surface area contributed by atoms with Crippen LogP contribution in [0.25, 0.3) is 5.69 Å². The highest BCUT2D eigenvalue weighted by Gasteiger charge is 2.28. The molecule has 0 fully saturated rings. The highest BCUT2D eigenvalue weighted by atomic mass is 19.2. The Morgan fingerprint density at radius 1 is 1.17 bits per heavy atom. The van der Waals surface area contributed by atoms with Crippen LogP contribution in [0.4, 0.5) is 8.78 Å². The predicted molar refractivity (Wildman–Crippen MR) is 91.3 cm³/mol. The zero-order valence-electron chi connectivity index (χ0n) is 14.9. The van der Waals surface area contributed by atoms with Gasteiger partial charge in [0, 0.05) is 29.4 Å². The minimum atomic E-state index is -0.834. The summed E-state index contributed by atoms with van der Waals surface area (Å²) in [6, 6.07) is 3.99. The minimum absolute atomic E-state index is 0.0940. The fraction of sp³-hybridized carbons (Fsp3) is 0.526. The summed E-state index contributed by atoms with van der Waals surface area (Å²) in [5.41, 5.74) is 4.11. The first-order valence-corrected chi connectivity index (χ1v) is 8.61. The molecule has 0 spiro atoms. The second-order valence-electron chi connectivity index (χ2n) is 7.43. The first-order chi connectivity index (χ1) is 11.3. The maximum Gasteiger partial charge on any atom is 0.160 e. The molecule has 1 aliphatic rings. The Bertz CT molecular complexity index is 744. The number of rotatable bonds is 2. The van der Waals surface area contributed by atoms with Gasteiger partial charge in [0.05, 0.1) is 11.4 Å². The number of aryl methyl sites for hydroxylation is 1. The predicted octanol–water partition coefficient (Wildman–Crippen LogP) is 4.26. The normalized spacial score (nSPS) is 16.1. The summed E-state index contributed by atoms with van der Waals surface area (Å²) in [6.45, 7) is 10.6. The standard InChI is InChI=1S/C19H25F2N3/c1-5-17-14-12-23(19(2,3)4)10-6-7-18(14)24(22-17)13-8-9-15(20)16(21)11-13/h8-9,11H,5-7,10,12H2,1-4H3. The van der Waals surface area contributed by atoms with Crippen molar-refractivity contribution < 1.29 is 8.78 Å². The molecule has 0 atom stereocenters. The molecule has 2 aromatic rings. The van der Waals surface area contributed by atoms with Crippen molar-refractivity contribution >= 4 is 0 Å². The van der Waals surface area contributed by atoms with Gasteiger partial charge in [-0.25, -0.2) is 13.5 Å². The SMILES string of the molecule is CCc1nn(-c2ccc(F)c(F)c2)c2c1CN(C(C)(C)C)CCC2. The molecule has 0 unspecified atom stereocenters. The van der Waals surface area contributed by atoms with Gasteiger partial charge in [0.2, 0.25) is 0 Å². The van der Waals surface area contributed by atoms with Gasteiger partial charge in [0.1, 0.15) is 0 Å². The van der Waals surface area contributed by atoms with Crippen LogP contribution in [-0.2, 0) is 19.4 Å². The molecule has 1 aliphatic heterocycles. The molecule has 3 rings (SSSR count). The fourth-order valence-corrected chi connectivity index (χ4v) is 3.37. The van der Waals surface area contributed by atoms with E-state index in [0.717, 1.165) is 43.7 Å². The van der Waals surface area contributed by atoms with Gasteiger partial charge < -0.3 is 0 Å². The second kappa shape index (κ2) is 6.28. The molecular formula is C19H25F2N3. The zero-order chi connectivity index (χ0) is 17.5. The van der Waals surface area contributed by atoms with E-state index >= 15 is 0 Å². The molecule has 1 aromatic carbocycles. The van der Waals surface area contributed by atoms with Crippen molar-refractivity contribution in [3.8, 4) is 5.69 Å². The number of benzene rings is 1. The monoisotopic (exact) mass is 333 g/mol. The lowest BCUT2D eigenvalue weighted by Gasteiger charge is -2.34. The molecule has 1 aromatic heterocycles. The molecule has 0 radical (unpaired) electrons. The number of hydrogen-bond donors (Lipinski definition) is 0. The van der Waals surface area contributed by atoms with Crippen molar-refractivity contribution in [1.82, 2.24) is 14.7 Å². The number of hydrogen-bond acceptors (Lipinski definition) is 2. The van der Waals surface area contributed by atoms with Crippen LogP contribution in [0.5, 0.6) is 0 Å². The van der Waals surface area contributed by atoms with Gasteiger partial charge in [-0.05, 0) is 58.7 Å². The van der Waals surface area contributed by atoms with Crippen molar-refractivity contribution in [1.29, 1.82) is 0 Å². The Morgan fingerprint density at radius 2 is 1.92 bits per heavy atom. The van der Waals surface area contributed by atoms with Crippen LogP contribution in [0.15, 0.2) is 18.2 Å². The number of halogens is 2. The van der Waals surface area contributed by atoms with E-state index in [0.29, 0.717) is 5.69 Å². The molecule has 5 heteroatoms. The molecular weight excluding hydrogens is 308 g/mol.